The maximum absolute atomic E-state index is 7.91. The maximum atomic E-state index is 7.91. The Labute approximate surface area is 121 Å². The fourth-order valence-corrected chi connectivity index (χ4v) is 2.09. The molecule has 1 aromatic carbocycles. The van der Waals surface area contributed by atoms with Crippen molar-refractivity contribution < 1.29 is 0 Å². The highest BCUT2D eigenvalue weighted by Gasteiger charge is 2.15. The van der Waals surface area contributed by atoms with Crippen LogP contribution >= 0.6 is 39.9 Å². The molecule has 16 heavy (non-hydrogen) atoms. The number of rotatable bonds is 1. The third kappa shape index (κ3) is 3.35. The zero-order valence-corrected chi connectivity index (χ0v) is 12.8. The van der Waals surface area contributed by atoms with E-state index in [1.165, 1.54) is 12.8 Å². The molecular weight excluding hydrogens is 381 g/mol. The van der Waals surface area contributed by atoms with Crippen LogP contribution in [0.25, 0.3) is 0 Å². The van der Waals surface area contributed by atoms with Crippen LogP contribution in [-0.2, 0) is 0 Å². The van der Waals surface area contributed by atoms with E-state index in [2.05, 4.69) is 26.1 Å². The van der Waals surface area contributed by atoms with Crippen molar-refractivity contribution in [2.45, 2.75) is 12.8 Å². The third-order valence-electron chi connectivity index (χ3n) is 2.55. The monoisotopic (exact) mass is 395 g/mol. The van der Waals surface area contributed by atoms with Gasteiger partial charge in [-0.05, 0) is 40.9 Å². The number of anilines is 1. The van der Waals surface area contributed by atoms with Gasteiger partial charge in [-0.25, -0.2) is 0 Å². The molecule has 2 N–H and O–H groups in total. The average molecular weight is 396 g/mol. The minimum Gasteiger partial charge on any atom is -0.343 e. The summed E-state index contributed by atoms with van der Waals surface area (Å²) in [4.78, 5) is 2.07. The Bertz CT molecular complexity index is 364. The summed E-state index contributed by atoms with van der Waals surface area (Å²) in [6.07, 6.45) is 2.39. The van der Waals surface area contributed by atoms with Crippen LogP contribution in [0, 0.1) is 5.41 Å². The second-order valence-corrected chi connectivity index (χ2v) is 4.50. The first kappa shape index (κ1) is 13.8. The Morgan fingerprint density at radius 3 is 2.50 bits per heavy atom. The Balaban J connectivity index is 0.00000128. The van der Waals surface area contributed by atoms with E-state index in [1.807, 2.05) is 24.3 Å². The van der Waals surface area contributed by atoms with Gasteiger partial charge in [-0.15, -0.1) is 24.0 Å². The zero-order valence-electron chi connectivity index (χ0n) is 8.87. The van der Waals surface area contributed by atoms with E-state index in [1.54, 1.807) is 0 Å². The first-order valence-electron chi connectivity index (χ1n) is 5.12. The van der Waals surface area contributed by atoms with Crippen molar-refractivity contribution in [2.75, 3.05) is 18.4 Å². The average Bonchev–Trinajstić information content (AvgIpc) is 2.74. The van der Waals surface area contributed by atoms with Crippen LogP contribution in [0.3, 0.4) is 0 Å². The van der Waals surface area contributed by atoms with E-state index in [4.69, 9.17) is 5.41 Å². The van der Waals surface area contributed by atoms with E-state index in [0.717, 1.165) is 23.2 Å². The lowest BCUT2D eigenvalue weighted by Crippen LogP contribution is -2.32. The van der Waals surface area contributed by atoms with Gasteiger partial charge in [-0.1, -0.05) is 12.1 Å². The van der Waals surface area contributed by atoms with Gasteiger partial charge < -0.3 is 10.2 Å². The lowest BCUT2D eigenvalue weighted by atomic mass is 10.3. The molecule has 0 unspecified atom stereocenters. The second-order valence-electron chi connectivity index (χ2n) is 3.65. The minimum atomic E-state index is 0. The van der Waals surface area contributed by atoms with Crippen LogP contribution in [0.1, 0.15) is 12.8 Å². The molecule has 0 aromatic heterocycles. The summed E-state index contributed by atoms with van der Waals surface area (Å²) in [5, 5.41) is 11.0. The minimum absolute atomic E-state index is 0. The lowest BCUT2D eigenvalue weighted by molar-refractivity contribution is 0.514. The molecule has 88 valence electrons. The van der Waals surface area contributed by atoms with E-state index in [0.29, 0.717) is 5.96 Å². The summed E-state index contributed by atoms with van der Waals surface area (Å²) in [6, 6.07) is 7.87. The van der Waals surface area contributed by atoms with Gasteiger partial charge >= 0.3 is 0 Å². The fraction of sp³-hybridized carbons (Fsp3) is 0.364. The van der Waals surface area contributed by atoms with Crippen LogP contribution in [0.4, 0.5) is 5.69 Å². The maximum Gasteiger partial charge on any atom is 0.195 e. The molecular formula is C11H15BrIN3. The molecule has 2 rings (SSSR count). The topological polar surface area (TPSA) is 39.1 Å². The van der Waals surface area contributed by atoms with Gasteiger partial charge in [0.05, 0.1) is 5.69 Å². The number of nitrogens with one attached hydrogen (secondary N) is 2. The fourth-order valence-electron chi connectivity index (χ4n) is 1.71. The highest BCUT2D eigenvalue weighted by Crippen LogP contribution is 2.21. The number of halogens is 2. The van der Waals surface area contributed by atoms with E-state index >= 15 is 0 Å². The number of para-hydroxylation sites is 1. The van der Waals surface area contributed by atoms with Crippen LogP contribution in [0.5, 0.6) is 0 Å². The van der Waals surface area contributed by atoms with Crippen molar-refractivity contribution in [3.8, 4) is 0 Å². The normalized spacial score (nSPS) is 14.4. The predicted octanol–water partition coefficient (Wildman–Crippen LogP) is 3.51. The number of nitrogens with zero attached hydrogens (tertiary/aromatic N) is 1. The van der Waals surface area contributed by atoms with Crippen LogP contribution in [-0.4, -0.2) is 23.9 Å². The molecule has 0 aliphatic carbocycles. The number of benzene rings is 1. The third-order valence-corrected chi connectivity index (χ3v) is 3.24. The molecule has 0 bridgehead atoms. The van der Waals surface area contributed by atoms with Crippen molar-refractivity contribution in [1.29, 1.82) is 5.41 Å². The Morgan fingerprint density at radius 2 is 1.88 bits per heavy atom. The van der Waals surface area contributed by atoms with E-state index in [-0.39, 0.29) is 24.0 Å². The first-order valence-corrected chi connectivity index (χ1v) is 5.92. The second kappa shape index (κ2) is 6.44. The van der Waals surface area contributed by atoms with Crippen molar-refractivity contribution in [1.82, 2.24) is 4.90 Å². The molecule has 1 aromatic rings. The molecule has 1 heterocycles. The summed E-state index contributed by atoms with van der Waals surface area (Å²) in [6.45, 7) is 1.99. The summed E-state index contributed by atoms with van der Waals surface area (Å²) in [7, 11) is 0. The highest BCUT2D eigenvalue weighted by atomic mass is 127. The molecule has 0 saturated carbocycles. The molecule has 1 fully saturated rings. The zero-order chi connectivity index (χ0) is 10.7. The highest BCUT2D eigenvalue weighted by molar-refractivity contribution is 14.0. The summed E-state index contributed by atoms with van der Waals surface area (Å²) < 4.78 is 0.994. The first-order chi connectivity index (χ1) is 7.27. The van der Waals surface area contributed by atoms with E-state index < -0.39 is 0 Å². The van der Waals surface area contributed by atoms with Gasteiger partial charge in [0, 0.05) is 17.6 Å². The molecule has 1 aliphatic rings. The molecule has 0 radical (unpaired) electrons. The van der Waals surface area contributed by atoms with Crippen LogP contribution < -0.4 is 5.32 Å². The van der Waals surface area contributed by atoms with Gasteiger partial charge in [0.2, 0.25) is 0 Å². The number of hydrogen-bond donors (Lipinski definition) is 2. The van der Waals surface area contributed by atoms with E-state index in [9.17, 15) is 0 Å². The van der Waals surface area contributed by atoms with Gasteiger partial charge in [0.15, 0.2) is 5.96 Å². The number of guanidine groups is 1. The van der Waals surface area contributed by atoms with Crippen LogP contribution in [0.15, 0.2) is 28.7 Å². The summed E-state index contributed by atoms with van der Waals surface area (Å²) in [5.74, 6) is 0.499. The van der Waals surface area contributed by atoms with Crippen LogP contribution in [0.2, 0.25) is 0 Å². The molecule has 5 heteroatoms. The van der Waals surface area contributed by atoms with Gasteiger partial charge in [-0.2, -0.15) is 0 Å². The smallest absolute Gasteiger partial charge is 0.195 e. The SMILES string of the molecule is I.N=C(Nc1ccccc1Br)N1CCCC1. The molecule has 0 amide bonds. The predicted molar refractivity (Wildman–Crippen MR) is 81.7 cm³/mol. The van der Waals surface area contributed by atoms with Crippen molar-refractivity contribution in [3.05, 3.63) is 28.7 Å². The lowest BCUT2D eigenvalue weighted by Gasteiger charge is -2.19. The van der Waals surface area contributed by atoms with Gasteiger partial charge in [-0.3, -0.25) is 5.41 Å². The van der Waals surface area contributed by atoms with Gasteiger partial charge in [0.1, 0.15) is 0 Å². The van der Waals surface area contributed by atoms with Crippen molar-refractivity contribution in [2.24, 2.45) is 0 Å². The molecule has 3 nitrogen and oxygen atoms in total. The molecule has 0 spiro atoms. The quantitative estimate of drug-likeness (QED) is 0.434. The standard InChI is InChI=1S/C11H14BrN3.HI/c12-9-5-1-2-6-10(9)14-11(13)15-7-3-4-8-15;/h1-2,5-6H,3-4,7-8H2,(H2,13,14);1H. The van der Waals surface area contributed by atoms with Crippen molar-refractivity contribution in [3.63, 3.8) is 0 Å². The number of hydrogen-bond acceptors (Lipinski definition) is 1. The Kier molecular flexibility index (Phi) is 5.54. The summed E-state index contributed by atoms with van der Waals surface area (Å²) in [5.41, 5.74) is 0.953. The van der Waals surface area contributed by atoms with Crippen molar-refractivity contribution >= 4 is 51.6 Å². The molecule has 1 aliphatic heterocycles. The Morgan fingerprint density at radius 1 is 1.25 bits per heavy atom. The Hall–Kier alpha value is -0.300. The summed E-state index contributed by atoms with van der Waals surface area (Å²) >= 11 is 3.46. The largest absolute Gasteiger partial charge is 0.343 e. The molecule has 1 saturated heterocycles. The number of likely N-dealkylation sites (tertiary alicyclic amines) is 1. The van der Waals surface area contributed by atoms with Gasteiger partial charge in [0.25, 0.3) is 0 Å². The molecule has 0 atom stereocenters.